The molecule has 31 heavy (non-hydrogen) atoms. The highest BCUT2D eigenvalue weighted by atomic mass is 32.1. The van der Waals surface area contributed by atoms with Gasteiger partial charge in [0, 0.05) is 17.8 Å². The number of amides is 3. The van der Waals surface area contributed by atoms with E-state index in [4.69, 9.17) is 4.74 Å². The van der Waals surface area contributed by atoms with Crippen LogP contribution in [0.3, 0.4) is 0 Å². The fraction of sp³-hybridized carbons (Fsp3) is 0.652. The second kappa shape index (κ2) is 9.10. The van der Waals surface area contributed by atoms with E-state index in [0.29, 0.717) is 16.5 Å². The Morgan fingerprint density at radius 1 is 1.13 bits per heavy atom. The molecule has 8 heteroatoms. The maximum Gasteiger partial charge on any atom is 0.341 e. The zero-order chi connectivity index (χ0) is 22.1. The first kappa shape index (κ1) is 22.0. The van der Waals surface area contributed by atoms with Crippen molar-refractivity contribution >= 4 is 40.0 Å². The minimum atomic E-state index is -0.404. The van der Waals surface area contributed by atoms with Gasteiger partial charge in [-0.25, -0.2) is 4.79 Å². The molecule has 2 fully saturated rings. The number of anilines is 1. The molecular weight excluding hydrogens is 416 g/mol. The predicted octanol–water partition coefficient (Wildman–Crippen LogP) is 3.55. The van der Waals surface area contributed by atoms with Crippen LogP contribution in [-0.2, 0) is 32.0 Å². The van der Waals surface area contributed by atoms with Crippen LogP contribution in [-0.4, -0.2) is 41.7 Å². The second-order valence-corrected chi connectivity index (χ2v) is 10.0. The second-order valence-electron chi connectivity index (χ2n) is 8.90. The van der Waals surface area contributed by atoms with Crippen molar-refractivity contribution in [2.75, 3.05) is 18.5 Å². The Balaban J connectivity index is 1.44. The number of ether oxygens (including phenoxy) is 1. The summed E-state index contributed by atoms with van der Waals surface area (Å²) in [6.45, 7) is 4.31. The number of thiophene rings is 1. The van der Waals surface area contributed by atoms with Crippen LogP contribution in [0.15, 0.2) is 0 Å². The van der Waals surface area contributed by atoms with Crippen LogP contribution in [0.1, 0.15) is 73.2 Å². The summed E-state index contributed by atoms with van der Waals surface area (Å²) in [6.07, 6.45) is 6.21. The number of carbonyl (C=O) groups is 4. The summed E-state index contributed by atoms with van der Waals surface area (Å²) in [5, 5.41) is 3.39. The van der Waals surface area contributed by atoms with Crippen LogP contribution in [0.25, 0.3) is 0 Å². The predicted molar refractivity (Wildman–Crippen MR) is 117 cm³/mol. The zero-order valence-electron chi connectivity index (χ0n) is 18.2. The quantitative estimate of drug-likeness (QED) is 0.533. The van der Waals surface area contributed by atoms with E-state index in [1.165, 1.54) is 16.2 Å². The first-order valence-corrected chi connectivity index (χ1v) is 12.2. The van der Waals surface area contributed by atoms with Crippen molar-refractivity contribution in [3.63, 3.8) is 0 Å². The average molecular weight is 447 g/mol. The molecule has 0 spiro atoms. The number of rotatable bonds is 6. The van der Waals surface area contributed by atoms with Crippen LogP contribution in [0.2, 0.25) is 0 Å². The van der Waals surface area contributed by atoms with Gasteiger partial charge in [0.2, 0.25) is 17.7 Å². The summed E-state index contributed by atoms with van der Waals surface area (Å²) >= 11 is 1.44. The number of nitrogens with one attached hydrogen (secondary N) is 1. The molecule has 2 heterocycles. The largest absolute Gasteiger partial charge is 0.462 e. The molecule has 7 nitrogen and oxygen atoms in total. The Morgan fingerprint density at radius 2 is 1.81 bits per heavy atom. The van der Waals surface area contributed by atoms with Crippen molar-refractivity contribution in [3.8, 4) is 0 Å². The molecule has 1 saturated heterocycles. The minimum absolute atomic E-state index is 0.0259. The van der Waals surface area contributed by atoms with Crippen LogP contribution >= 0.6 is 11.3 Å². The highest BCUT2D eigenvalue weighted by molar-refractivity contribution is 7.17. The summed E-state index contributed by atoms with van der Waals surface area (Å²) < 4.78 is 5.24. The maximum atomic E-state index is 12.7. The third kappa shape index (κ3) is 4.27. The van der Waals surface area contributed by atoms with E-state index in [-0.39, 0.29) is 49.1 Å². The van der Waals surface area contributed by atoms with Crippen LogP contribution in [0.5, 0.6) is 0 Å². The number of hydrogen-bond acceptors (Lipinski definition) is 6. The molecular formula is C23H30N2O5S. The Hall–Kier alpha value is -2.22. The molecule has 1 aromatic rings. The number of likely N-dealkylation sites (tertiary alicyclic amines) is 1. The lowest BCUT2D eigenvalue weighted by molar-refractivity contribution is -0.140. The number of esters is 1. The molecule has 1 aliphatic heterocycles. The van der Waals surface area contributed by atoms with Crippen molar-refractivity contribution in [3.05, 3.63) is 16.0 Å². The van der Waals surface area contributed by atoms with E-state index < -0.39 is 5.97 Å². The molecule has 1 aromatic heterocycles. The van der Waals surface area contributed by atoms with Gasteiger partial charge in [-0.2, -0.15) is 0 Å². The molecule has 1 saturated carbocycles. The summed E-state index contributed by atoms with van der Waals surface area (Å²) in [5.74, 6) is -0.825. The molecule has 0 radical (unpaired) electrons. The Kier molecular flexibility index (Phi) is 6.46. The molecule has 168 valence electrons. The van der Waals surface area contributed by atoms with Gasteiger partial charge in [0.15, 0.2) is 0 Å². The third-order valence-electron chi connectivity index (χ3n) is 6.74. The van der Waals surface area contributed by atoms with Crippen LogP contribution < -0.4 is 5.32 Å². The van der Waals surface area contributed by atoms with Gasteiger partial charge < -0.3 is 10.1 Å². The van der Waals surface area contributed by atoms with E-state index in [9.17, 15) is 19.2 Å². The summed E-state index contributed by atoms with van der Waals surface area (Å²) in [6, 6.07) is 0. The monoisotopic (exact) mass is 446 g/mol. The fourth-order valence-corrected chi connectivity index (χ4v) is 6.53. The Bertz CT molecular complexity index is 884. The molecule has 3 atom stereocenters. The first-order valence-electron chi connectivity index (χ1n) is 11.4. The molecule has 3 amide bonds. The summed E-state index contributed by atoms with van der Waals surface area (Å²) in [7, 11) is 0. The van der Waals surface area contributed by atoms with Crippen molar-refractivity contribution in [1.29, 1.82) is 0 Å². The Morgan fingerprint density at radius 3 is 2.45 bits per heavy atom. The van der Waals surface area contributed by atoms with Gasteiger partial charge in [-0.3, -0.25) is 19.3 Å². The van der Waals surface area contributed by atoms with Gasteiger partial charge in [0.25, 0.3) is 0 Å². The van der Waals surface area contributed by atoms with Gasteiger partial charge >= 0.3 is 5.97 Å². The highest BCUT2D eigenvalue weighted by Gasteiger charge is 2.47. The summed E-state index contributed by atoms with van der Waals surface area (Å²) in [5.41, 5.74) is 1.47. The number of imide groups is 1. The van der Waals surface area contributed by atoms with Crippen molar-refractivity contribution in [1.82, 2.24) is 4.90 Å². The average Bonchev–Trinajstić information content (AvgIpc) is 3.21. The third-order valence-corrected chi connectivity index (χ3v) is 7.91. The molecule has 2 aliphatic carbocycles. The standard InChI is InChI=1S/C23H30N2O5S/c1-3-30-23(29)19-16-9-8-13(2)12-17(16)31-20(19)24-18(26)10-11-25-21(27)14-6-4-5-7-15(14)22(25)28/h13-15H,3-12H2,1-2H3,(H,24,26)/t13-,14-,15+/m0/s1. The topological polar surface area (TPSA) is 92.8 Å². The van der Waals surface area contributed by atoms with Gasteiger partial charge in [-0.05, 0) is 50.5 Å². The zero-order valence-corrected chi connectivity index (χ0v) is 19.0. The first-order chi connectivity index (χ1) is 14.9. The van der Waals surface area contributed by atoms with Crippen LogP contribution in [0.4, 0.5) is 5.00 Å². The van der Waals surface area contributed by atoms with E-state index in [2.05, 4.69) is 12.2 Å². The molecule has 0 unspecified atom stereocenters. The number of nitrogens with zero attached hydrogens (tertiary/aromatic N) is 1. The molecule has 1 N–H and O–H groups in total. The SMILES string of the molecule is CCOC(=O)c1c(NC(=O)CCN2C(=O)[C@H]3CCCC[C@H]3C2=O)sc2c1CC[C@H](C)C2. The van der Waals surface area contributed by atoms with Crippen molar-refractivity contribution in [2.45, 2.75) is 65.2 Å². The minimum Gasteiger partial charge on any atom is -0.462 e. The van der Waals surface area contributed by atoms with E-state index in [1.807, 2.05) is 0 Å². The molecule has 3 aliphatic rings. The van der Waals surface area contributed by atoms with Crippen molar-refractivity contribution < 1.29 is 23.9 Å². The lowest BCUT2D eigenvalue weighted by atomic mass is 9.81. The number of carbonyl (C=O) groups excluding carboxylic acids is 4. The lowest BCUT2D eigenvalue weighted by Gasteiger charge is -2.19. The smallest absolute Gasteiger partial charge is 0.341 e. The van der Waals surface area contributed by atoms with E-state index >= 15 is 0 Å². The Labute approximate surface area is 186 Å². The van der Waals surface area contributed by atoms with Gasteiger partial charge in [-0.15, -0.1) is 11.3 Å². The van der Waals surface area contributed by atoms with E-state index in [0.717, 1.165) is 55.4 Å². The van der Waals surface area contributed by atoms with Gasteiger partial charge in [0.05, 0.1) is 24.0 Å². The van der Waals surface area contributed by atoms with Crippen molar-refractivity contribution in [2.24, 2.45) is 17.8 Å². The summed E-state index contributed by atoms with van der Waals surface area (Å²) in [4.78, 5) is 52.9. The molecule has 0 aromatic carbocycles. The molecule has 4 rings (SSSR count). The van der Waals surface area contributed by atoms with Gasteiger partial charge in [-0.1, -0.05) is 19.8 Å². The normalized spacial score (nSPS) is 25.2. The highest BCUT2D eigenvalue weighted by Crippen LogP contribution is 2.40. The number of hydrogen-bond donors (Lipinski definition) is 1. The number of fused-ring (bicyclic) bond motifs is 2. The van der Waals surface area contributed by atoms with E-state index in [1.54, 1.807) is 6.92 Å². The fourth-order valence-electron chi connectivity index (χ4n) is 5.11. The lowest BCUT2D eigenvalue weighted by Crippen LogP contribution is -2.34. The maximum absolute atomic E-state index is 12.7. The molecule has 0 bridgehead atoms. The van der Waals surface area contributed by atoms with Crippen LogP contribution in [0, 0.1) is 17.8 Å². The van der Waals surface area contributed by atoms with Gasteiger partial charge in [0.1, 0.15) is 5.00 Å².